The first kappa shape index (κ1) is 40.0. The van der Waals surface area contributed by atoms with Crippen molar-refractivity contribution in [1.82, 2.24) is 0 Å². The van der Waals surface area contributed by atoms with Crippen LogP contribution in [0.1, 0.15) is 113 Å². The summed E-state index contributed by atoms with van der Waals surface area (Å²) in [5.41, 5.74) is 0.584. The van der Waals surface area contributed by atoms with Crippen LogP contribution in [0, 0.1) is 50.2 Å². The van der Waals surface area contributed by atoms with Crippen molar-refractivity contribution < 1.29 is 59.5 Å². The molecule has 5 aliphatic carbocycles. The maximum absolute atomic E-state index is 13.0. The molecule has 2 heterocycles. The van der Waals surface area contributed by atoms with Gasteiger partial charge in [-0.25, -0.2) is 0 Å². The van der Waals surface area contributed by atoms with Gasteiger partial charge in [-0.15, -0.1) is 0 Å². The number of aliphatic hydroxyl groups is 6. The van der Waals surface area contributed by atoms with Gasteiger partial charge in [-0.2, -0.15) is 0 Å². The molecule has 0 radical (unpaired) electrons. The molecule has 0 aromatic carbocycles. The monoisotopic (exact) mass is 750 g/mol. The van der Waals surface area contributed by atoms with Gasteiger partial charge in [0.1, 0.15) is 42.7 Å². The molecule has 12 nitrogen and oxygen atoms in total. The minimum atomic E-state index is -1.65. The van der Waals surface area contributed by atoms with E-state index in [2.05, 4.69) is 54.5 Å². The minimum Gasteiger partial charge on any atom is -0.481 e. The first-order valence-electron chi connectivity index (χ1n) is 20.2. The summed E-state index contributed by atoms with van der Waals surface area (Å²) in [7, 11) is 0. The Balaban J connectivity index is 1.06. The molecular formula is C41H66O12. The van der Waals surface area contributed by atoms with Crippen molar-refractivity contribution in [3.8, 4) is 0 Å². The number of aliphatic hydroxyl groups excluding tert-OH is 6. The molecule has 7 N–H and O–H groups in total. The van der Waals surface area contributed by atoms with Gasteiger partial charge in [0, 0.05) is 0 Å². The Morgan fingerprint density at radius 3 is 2.15 bits per heavy atom. The molecule has 12 heteroatoms. The van der Waals surface area contributed by atoms with Crippen LogP contribution in [0.4, 0.5) is 0 Å². The van der Waals surface area contributed by atoms with E-state index in [4.69, 9.17) is 18.9 Å². The fraction of sp³-hybridized carbons (Fsp3) is 0.927. The fourth-order valence-electron chi connectivity index (χ4n) is 13.4. The van der Waals surface area contributed by atoms with Gasteiger partial charge < -0.3 is 54.7 Å². The zero-order valence-electron chi connectivity index (χ0n) is 32.7. The van der Waals surface area contributed by atoms with E-state index in [1.807, 2.05) is 0 Å². The van der Waals surface area contributed by atoms with Crippen molar-refractivity contribution in [2.24, 2.45) is 50.2 Å². The molecule has 0 amide bonds. The Morgan fingerprint density at radius 2 is 1.47 bits per heavy atom. The number of aliphatic carboxylic acids is 1. The third-order valence-corrected chi connectivity index (χ3v) is 16.9. The number of rotatable bonds is 6. The Hall–Kier alpha value is -1.19. The van der Waals surface area contributed by atoms with Crippen molar-refractivity contribution in [1.29, 1.82) is 0 Å². The third-order valence-electron chi connectivity index (χ3n) is 16.9. The number of carboxylic acids is 1. The molecule has 17 atom stereocenters. The minimum absolute atomic E-state index is 0.0183. The maximum atomic E-state index is 13.0. The van der Waals surface area contributed by atoms with E-state index >= 15 is 0 Å². The number of hydrogen-bond acceptors (Lipinski definition) is 11. The van der Waals surface area contributed by atoms with Gasteiger partial charge in [-0.3, -0.25) is 4.79 Å². The summed E-state index contributed by atoms with van der Waals surface area (Å²) in [4.78, 5) is 13.0. The van der Waals surface area contributed by atoms with Crippen molar-refractivity contribution in [2.45, 2.75) is 174 Å². The lowest BCUT2D eigenvalue weighted by Crippen LogP contribution is -2.66. The first-order chi connectivity index (χ1) is 24.7. The number of allylic oxidation sites excluding steroid dienone is 2. The highest BCUT2D eigenvalue weighted by atomic mass is 16.7. The highest BCUT2D eigenvalue weighted by molar-refractivity contribution is 5.76. The second kappa shape index (κ2) is 13.5. The summed E-state index contributed by atoms with van der Waals surface area (Å²) in [6.07, 6.45) is -1.38. The lowest BCUT2D eigenvalue weighted by atomic mass is 9.33. The van der Waals surface area contributed by atoms with Gasteiger partial charge in [0.05, 0.1) is 24.7 Å². The smallest absolute Gasteiger partial charge is 0.310 e. The number of ether oxygens (including phenoxy) is 4. The summed E-state index contributed by atoms with van der Waals surface area (Å²) < 4.78 is 23.7. The van der Waals surface area contributed by atoms with E-state index in [9.17, 15) is 40.5 Å². The molecule has 2 saturated heterocycles. The summed E-state index contributed by atoms with van der Waals surface area (Å²) in [5.74, 6) is 0.218. The van der Waals surface area contributed by atoms with E-state index in [1.165, 1.54) is 5.57 Å². The van der Waals surface area contributed by atoms with Crippen LogP contribution in [0.2, 0.25) is 0 Å². The molecule has 0 spiro atoms. The van der Waals surface area contributed by atoms with E-state index in [1.54, 1.807) is 0 Å². The Kier molecular flexibility index (Phi) is 10.2. The average molecular weight is 751 g/mol. The zero-order chi connectivity index (χ0) is 38.7. The molecule has 0 aromatic rings. The molecule has 0 bridgehead atoms. The number of carbonyl (C=O) groups is 1. The Morgan fingerprint density at radius 1 is 0.792 bits per heavy atom. The highest BCUT2D eigenvalue weighted by Crippen LogP contribution is 2.76. The number of hydrogen-bond donors (Lipinski definition) is 7. The van der Waals surface area contributed by atoms with Crippen LogP contribution in [0.5, 0.6) is 0 Å². The Labute approximate surface area is 314 Å². The van der Waals surface area contributed by atoms with Crippen LogP contribution in [-0.4, -0.2) is 116 Å². The molecule has 0 unspecified atom stereocenters. The second-order valence-electron chi connectivity index (χ2n) is 20.2. The summed E-state index contributed by atoms with van der Waals surface area (Å²) >= 11 is 0. The fourth-order valence-corrected chi connectivity index (χ4v) is 13.4. The normalized spacial score (nSPS) is 53.3. The van der Waals surface area contributed by atoms with Crippen molar-refractivity contribution in [3.05, 3.63) is 11.6 Å². The van der Waals surface area contributed by atoms with Gasteiger partial charge in [0.2, 0.25) is 0 Å². The van der Waals surface area contributed by atoms with E-state index in [-0.39, 0.29) is 45.7 Å². The topological polar surface area (TPSA) is 196 Å². The van der Waals surface area contributed by atoms with Crippen molar-refractivity contribution in [3.63, 3.8) is 0 Å². The number of carboxylic acid groups (broad SMARTS) is 1. The molecule has 6 fully saturated rings. The predicted molar refractivity (Wildman–Crippen MR) is 192 cm³/mol. The van der Waals surface area contributed by atoms with Crippen molar-refractivity contribution >= 4 is 5.97 Å². The molecule has 7 rings (SSSR count). The molecule has 4 saturated carbocycles. The molecule has 2 aliphatic heterocycles. The Bertz CT molecular complexity index is 1430. The maximum Gasteiger partial charge on any atom is 0.310 e. The van der Waals surface area contributed by atoms with Crippen molar-refractivity contribution in [2.75, 3.05) is 13.2 Å². The molecule has 0 aromatic heterocycles. The van der Waals surface area contributed by atoms with Gasteiger partial charge in [0.25, 0.3) is 0 Å². The standard InChI is InChI=1S/C41H66O12/c1-36(2)14-16-41(35(48)49)17-15-39(6)21(22(41)18-36)8-9-26-38(5)12-11-27(37(3,4)25(38)10-13-40(26,39)7)53-33-31(46)29(44)24(20-50-33)52-34-32(47)30(45)28(43)23(19-42)51-34/h8,22-34,42-47H,9-20H2,1-7H3,(H,48,49)/t22-,23+,24+,25-,26+,27-,28-,29-,30-,31+,32+,33-,34-,38-,39+,40+,41-/m0/s1. The van der Waals surface area contributed by atoms with Gasteiger partial charge in [0.15, 0.2) is 12.6 Å². The lowest BCUT2D eigenvalue weighted by Gasteiger charge is -2.71. The number of fused-ring (bicyclic) bond motifs is 7. The van der Waals surface area contributed by atoms with Crippen LogP contribution in [-0.2, 0) is 23.7 Å². The zero-order valence-corrected chi connectivity index (χ0v) is 32.7. The lowest BCUT2D eigenvalue weighted by molar-refractivity contribution is -0.351. The molecule has 302 valence electrons. The van der Waals surface area contributed by atoms with Crippen LogP contribution in [0.25, 0.3) is 0 Å². The van der Waals surface area contributed by atoms with E-state index in [0.29, 0.717) is 11.8 Å². The van der Waals surface area contributed by atoms with Crippen LogP contribution >= 0.6 is 0 Å². The van der Waals surface area contributed by atoms with Gasteiger partial charge in [-0.1, -0.05) is 60.1 Å². The van der Waals surface area contributed by atoms with E-state index < -0.39 is 73.3 Å². The molecule has 7 aliphatic rings. The van der Waals surface area contributed by atoms with E-state index in [0.717, 1.165) is 64.2 Å². The third kappa shape index (κ3) is 5.94. The summed E-state index contributed by atoms with van der Waals surface area (Å²) in [6.45, 7) is 15.8. The molecular weight excluding hydrogens is 684 g/mol. The second-order valence-corrected chi connectivity index (χ2v) is 20.2. The quantitative estimate of drug-likeness (QED) is 0.155. The summed E-state index contributed by atoms with van der Waals surface area (Å²) in [5, 5.41) is 73.2. The molecule has 53 heavy (non-hydrogen) atoms. The highest BCUT2D eigenvalue weighted by Gasteiger charge is 2.69. The van der Waals surface area contributed by atoms with Crippen LogP contribution < -0.4 is 0 Å². The van der Waals surface area contributed by atoms with Gasteiger partial charge >= 0.3 is 5.97 Å². The van der Waals surface area contributed by atoms with Crippen LogP contribution in [0.3, 0.4) is 0 Å². The first-order valence-corrected chi connectivity index (χ1v) is 20.2. The predicted octanol–water partition coefficient (Wildman–Crippen LogP) is 3.52. The van der Waals surface area contributed by atoms with Crippen LogP contribution in [0.15, 0.2) is 11.6 Å². The van der Waals surface area contributed by atoms with Gasteiger partial charge in [-0.05, 0) is 109 Å². The summed E-state index contributed by atoms with van der Waals surface area (Å²) in [6, 6.07) is 0. The largest absolute Gasteiger partial charge is 0.481 e. The average Bonchev–Trinajstić information content (AvgIpc) is 3.09. The SMILES string of the molecule is CC1(C)CC[C@]2(C(=O)O)CC[C@]3(C)C(=CC[C@@H]4[C@@]5(C)CC[C@H](O[C@@H]6OC[C@@H](O[C@@H]7O[C@H](CO)[C@H](O)[C@H](O)[C@H]7O)[C@H](O)[C@H]6O)C(C)(C)[C@@H]5CC[C@]43C)[C@@H]2C1.